The maximum atomic E-state index is 12.7. The van der Waals surface area contributed by atoms with Gasteiger partial charge in [-0.25, -0.2) is 0 Å². The van der Waals surface area contributed by atoms with Crippen molar-refractivity contribution in [3.05, 3.63) is 65.7 Å². The van der Waals surface area contributed by atoms with Gasteiger partial charge in [-0.15, -0.1) is 0 Å². The van der Waals surface area contributed by atoms with Crippen molar-refractivity contribution in [2.24, 2.45) is 5.92 Å². The smallest absolute Gasteiger partial charge is 0.226 e. The van der Waals surface area contributed by atoms with E-state index in [2.05, 4.69) is 89.6 Å². The fourth-order valence-corrected chi connectivity index (χ4v) is 4.54. The van der Waals surface area contributed by atoms with Crippen molar-refractivity contribution in [3.8, 4) is 0 Å². The lowest BCUT2D eigenvalue weighted by molar-refractivity contribution is -0.128. The predicted molar refractivity (Wildman–Crippen MR) is 117 cm³/mol. The molecule has 146 valence electrons. The molecule has 0 spiro atoms. The molecule has 2 atom stereocenters. The Kier molecular flexibility index (Phi) is 4.25. The number of para-hydroxylation sites is 1. The Labute approximate surface area is 167 Å². The molecule has 1 fully saturated rings. The first kappa shape index (κ1) is 18.6. The van der Waals surface area contributed by atoms with Crippen LogP contribution in [0.2, 0.25) is 0 Å². The summed E-state index contributed by atoms with van der Waals surface area (Å²) >= 11 is 0. The van der Waals surface area contributed by atoms with E-state index in [-0.39, 0.29) is 17.2 Å². The van der Waals surface area contributed by atoms with E-state index in [4.69, 9.17) is 0 Å². The molecule has 2 aliphatic rings. The van der Waals surface area contributed by atoms with E-state index >= 15 is 0 Å². The van der Waals surface area contributed by atoms with Gasteiger partial charge < -0.3 is 15.1 Å². The van der Waals surface area contributed by atoms with Crippen molar-refractivity contribution < 1.29 is 4.79 Å². The lowest BCUT2D eigenvalue weighted by Crippen LogP contribution is -2.70. The van der Waals surface area contributed by atoms with Gasteiger partial charge in [-0.2, -0.15) is 0 Å². The summed E-state index contributed by atoms with van der Waals surface area (Å²) in [7, 11) is 4.08. The molecule has 2 heterocycles. The Morgan fingerprint density at radius 1 is 1.11 bits per heavy atom. The van der Waals surface area contributed by atoms with E-state index in [1.165, 1.54) is 16.9 Å². The average Bonchev–Trinajstić information content (AvgIpc) is 2.86. The SMILES string of the molecule is C[C@@H]1CN2c3ccccc3C(C)(C)[C@]2(/C=C/c2ccc(N(C)C)cc2)NC1=O. The molecule has 0 aromatic heterocycles. The fraction of sp³-hybridized carbons (Fsp3) is 0.375. The Morgan fingerprint density at radius 3 is 2.46 bits per heavy atom. The normalized spacial score (nSPS) is 25.4. The van der Waals surface area contributed by atoms with Gasteiger partial charge in [0.2, 0.25) is 5.91 Å². The molecule has 0 bridgehead atoms. The van der Waals surface area contributed by atoms with Crippen LogP contribution in [0.3, 0.4) is 0 Å². The molecular formula is C24H29N3O. The van der Waals surface area contributed by atoms with Crippen LogP contribution in [0.4, 0.5) is 11.4 Å². The molecule has 0 aliphatic carbocycles. The van der Waals surface area contributed by atoms with Crippen molar-refractivity contribution in [3.63, 3.8) is 0 Å². The van der Waals surface area contributed by atoms with Crippen LogP contribution in [0.1, 0.15) is 31.9 Å². The number of carbonyl (C=O) groups excluding carboxylic acids is 1. The van der Waals surface area contributed by atoms with E-state index in [1.54, 1.807) is 0 Å². The van der Waals surface area contributed by atoms with E-state index in [0.29, 0.717) is 0 Å². The monoisotopic (exact) mass is 375 g/mol. The number of fused-ring (bicyclic) bond motifs is 3. The molecule has 1 amide bonds. The average molecular weight is 376 g/mol. The minimum atomic E-state index is -0.569. The van der Waals surface area contributed by atoms with Crippen molar-refractivity contribution in [1.29, 1.82) is 0 Å². The van der Waals surface area contributed by atoms with Gasteiger partial charge in [0.1, 0.15) is 5.66 Å². The molecule has 2 aromatic carbocycles. The summed E-state index contributed by atoms with van der Waals surface area (Å²) in [6, 6.07) is 17.0. The number of hydrogen-bond donors (Lipinski definition) is 1. The van der Waals surface area contributed by atoms with Gasteiger partial charge in [-0.1, -0.05) is 57.2 Å². The van der Waals surface area contributed by atoms with Crippen LogP contribution in [0.5, 0.6) is 0 Å². The van der Waals surface area contributed by atoms with Crippen LogP contribution < -0.4 is 15.1 Å². The molecule has 1 saturated heterocycles. The first-order valence-electron chi connectivity index (χ1n) is 9.92. The topological polar surface area (TPSA) is 35.6 Å². The van der Waals surface area contributed by atoms with E-state index in [1.807, 2.05) is 21.0 Å². The second kappa shape index (κ2) is 6.40. The van der Waals surface area contributed by atoms with Crippen LogP contribution in [0.15, 0.2) is 54.6 Å². The molecule has 4 rings (SSSR count). The second-order valence-corrected chi connectivity index (χ2v) is 8.73. The highest BCUT2D eigenvalue weighted by Crippen LogP contribution is 2.52. The largest absolute Gasteiger partial charge is 0.378 e. The molecule has 28 heavy (non-hydrogen) atoms. The molecule has 0 saturated carbocycles. The van der Waals surface area contributed by atoms with Gasteiger partial charge in [0, 0.05) is 37.4 Å². The van der Waals surface area contributed by atoms with Gasteiger partial charge in [0.25, 0.3) is 0 Å². The summed E-state index contributed by atoms with van der Waals surface area (Å²) in [6.45, 7) is 7.16. The standard InChI is InChI=1S/C24H29N3O/c1-17-16-27-21-9-7-6-8-20(21)23(2,3)24(27,25-22(17)28)15-14-18-10-12-19(13-11-18)26(4)5/h6-15,17H,16H2,1-5H3,(H,25,28)/b15-14+/t17-,24-/m1/s1. The van der Waals surface area contributed by atoms with E-state index < -0.39 is 5.66 Å². The van der Waals surface area contributed by atoms with Crippen LogP contribution in [0.25, 0.3) is 6.08 Å². The van der Waals surface area contributed by atoms with Crippen molar-refractivity contribution in [2.75, 3.05) is 30.4 Å². The molecule has 4 nitrogen and oxygen atoms in total. The molecule has 0 unspecified atom stereocenters. The number of nitrogens with zero attached hydrogens (tertiary/aromatic N) is 2. The summed E-state index contributed by atoms with van der Waals surface area (Å²) in [6.07, 6.45) is 4.32. The Hall–Kier alpha value is -2.75. The molecule has 0 radical (unpaired) electrons. The number of rotatable bonds is 3. The number of amides is 1. The molecule has 2 aliphatic heterocycles. The highest BCUT2D eigenvalue weighted by atomic mass is 16.2. The van der Waals surface area contributed by atoms with Gasteiger partial charge in [-0.3, -0.25) is 4.79 Å². The van der Waals surface area contributed by atoms with E-state index in [9.17, 15) is 4.79 Å². The lowest BCUT2D eigenvalue weighted by atomic mass is 9.74. The summed E-state index contributed by atoms with van der Waals surface area (Å²) < 4.78 is 0. The van der Waals surface area contributed by atoms with Gasteiger partial charge in [0.05, 0.1) is 5.92 Å². The van der Waals surface area contributed by atoms with Crippen molar-refractivity contribution >= 4 is 23.4 Å². The summed E-state index contributed by atoms with van der Waals surface area (Å²) in [4.78, 5) is 17.2. The van der Waals surface area contributed by atoms with Gasteiger partial charge >= 0.3 is 0 Å². The van der Waals surface area contributed by atoms with Crippen LogP contribution in [-0.4, -0.2) is 32.2 Å². The lowest BCUT2D eigenvalue weighted by Gasteiger charge is -2.50. The first-order chi connectivity index (χ1) is 13.3. The first-order valence-corrected chi connectivity index (χ1v) is 9.92. The highest BCUT2D eigenvalue weighted by Gasteiger charge is 2.58. The Balaban J connectivity index is 1.78. The minimum absolute atomic E-state index is 0.0390. The number of carbonyl (C=O) groups is 1. The zero-order chi connectivity index (χ0) is 20.1. The Bertz CT molecular complexity index is 929. The zero-order valence-corrected chi connectivity index (χ0v) is 17.4. The molecule has 4 heteroatoms. The minimum Gasteiger partial charge on any atom is -0.378 e. The zero-order valence-electron chi connectivity index (χ0n) is 17.4. The third-order valence-corrected chi connectivity index (χ3v) is 6.39. The number of nitrogens with one attached hydrogen (secondary N) is 1. The summed E-state index contributed by atoms with van der Waals surface area (Å²) in [5, 5.41) is 3.37. The maximum Gasteiger partial charge on any atom is 0.226 e. The molecule has 1 N–H and O–H groups in total. The van der Waals surface area contributed by atoms with Crippen molar-refractivity contribution in [1.82, 2.24) is 5.32 Å². The quantitative estimate of drug-likeness (QED) is 0.880. The van der Waals surface area contributed by atoms with E-state index in [0.717, 1.165) is 12.1 Å². The highest BCUT2D eigenvalue weighted by molar-refractivity contribution is 5.86. The fourth-order valence-electron chi connectivity index (χ4n) is 4.54. The summed E-state index contributed by atoms with van der Waals surface area (Å²) in [5.74, 6) is 0.0765. The molecular weight excluding hydrogens is 346 g/mol. The Morgan fingerprint density at radius 2 is 1.79 bits per heavy atom. The van der Waals surface area contributed by atoms with Crippen LogP contribution in [-0.2, 0) is 10.2 Å². The third-order valence-electron chi connectivity index (χ3n) is 6.39. The number of benzene rings is 2. The van der Waals surface area contributed by atoms with Gasteiger partial charge in [0.15, 0.2) is 0 Å². The number of anilines is 2. The van der Waals surface area contributed by atoms with Gasteiger partial charge in [-0.05, 0) is 35.4 Å². The number of hydrogen-bond acceptors (Lipinski definition) is 3. The van der Waals surface area contributed by atoms with Crippen LogP contribution in [0, 0.1) is 5.92 Å². The second-order valence-electron chi connectivity index (χ2n) is 8.73. The molecule has 2 aromatic rings. The van der Waals surface area contributed by atoms with Crippen molar-refractivity contribution in [2.45, 2.75) is 31.8 Å². The predicted octanol–water partition coefficient (Wildman–Crippen LogP) is 4.03. The third kappa shape index (κ3) is 2.62. The van der Waals surface area contributed by atoms with Crippen LogP contribution >= 0.6 is 0 Å². The maximum absolute atomic E-state index is 12.7. The summed E-state index contributed by atoms with van der Waals surface area (Å²) in [5.41, 5.74) is 3.97.